The number of amides is 1. The number of nitrogen functional groups attached to an aromatic ring is 1. The Kier molecular flexibility index (Phi) is 3.62. The molecule has 3 N–H and O–H groups in total. The van der Waals surface area contributed by atoms with Gasteiger partial charge >= 0.3 is 0 Å². The SMILES string of the molecule is Cc1cc(NC(=O)c2cccc(N)c2Br)ccn1. The first-order valence-corrected chi connectivity index (χ1v) is 6.15. The van der Waals surface area contributed by atoms with Crippen LogP contribution in [0.3, 0.4) is 0 Å². The van der Waals surface area contributed by atoms with Crippen molar-refractivity contribution in [1.29, 1.82) is 0 Å². The first-order valence-electron chi connectivity index (χ1n) is 5.36. The number of nitrogens with zero attached hydrogens (tertiary/aromatic N) is 1. The van der Waals surface area contributed by atoms with E-state index < -0.39 is 0 Å². The second-order valence-electron chi connectivity index (χ2n) is 3.85. The Bertz CT molecular complexity index is 599. The summed E-state index contributed by atoms with van der Waals surface area (Å²) in [7, 11) is 0. The van der Waals surface area contributed by atoms with Gasteiger partial charge in [0.1, 0.15) is 0 Å². The maximum atomic E-state index is 12.1. The molecule has 0 unspecified atom stereocenters. The van der Waals surface area contributed by atoms with Gasteiger partial charge in [0.05, 0.1) is 10.0 Å². The molecule has 0 aliphatic rings. The highest BCUT2D eigenvalue weighted by Crippen LogP contribution is 2.24. The van der Waals surface area contributed by atoms with Crippen molar-refractivity contribution < 1.29 is 4.79 Å². The minimum Gasteiger partial charge on any atom is -0.398 e. The Morgan fingerprint density at radius 3 is 2.89 bits per heavy atom. The van der Waals surface area contributed by atoms with Crippen molar-refractivity contribution in [3.63, 3.8) is 0 Å². The van der Waals surface area contributed by atoms with Crippen LogP contribution in [0.1, 0.15) is 16.1 Å². The van der Waals surface area contributed by atoms with Crippen LogP contribution in [0, 0.1) is 6.92 Å². The molecule has 92 valence electrons. The van der Waals surface area contributed by atoms with E-state index in [1.54, 1.807) is 36.5 Å². The van der Waals surface area contributed by atoms with Gasteiger partial charge in [-0.05, 0) is 47.1 Å². The molecule has 0 saturated heterocycles. The van der Waals surface area contributed by atoms with Crippen LogP contribution in [0.5, 0.6) is 0 Å². The van der Waals surface area contributed by atoms with Crippen LogP contribution in [0.4, 0.5) is 11.4 Å². The number of aromatic nitrogens is 1. The summed E-state index contributed by atoms with van der Waals surface area (Å²) >= 11 is 3.31. The summed E-state index contributed by atoms with van der Waals surface area (Å²) in [5, 5.41) is 2.80. The predicted molar refractivity (Wildman–Crippen MR) is 75.5 cm³/mol. The van der Waals surface area contributed by atoms with E-state index in [1.807, 2.05) is 6.92 Å². The topological polar surface area (TPSA) is 68.0 Å². The molecule has 0 spiro atoms. The van der Waals surface area contributed by atoms with Crippen LogP contribution in [0.2, 0.25) is 0 Å². The Balaban J connectivity index is 2.25. The lowest BCUT2D eigenvalue weighted by Gasteiger charge is -2.08. The number of halogens is 1. The number of carbonyl (C=O) groups is 1. The summed E-state index contributed by atoms with van der Waals surface area (Å²) in [6, 6.07) is 8.73. The van der Waals surface area contributed by atoms with E-state index in [0.717, 1.165) is 5.69 Å². The first kappa shape index (κ1) is 12.6. The van der Waals surface area contributed by atoms with Gasteiger partial charge in [-0.25, -0.2) is 0 Å². The van der Waals surface area contributed by atoms with Gasteiger partial charge in [0.25, 0.3) is 5.91 Å². The zero-order chi connectivity index (χ0) is 13.1. The molecule has 0 bridgehead atoms. The van der Waals surface area contributed by atoms with Crippen molar-refractivity contribution in [2.24, 2.45) is 0 Å². The lowest BCUT2D eigenvalue weighted by Crippen LogP contribution is -2.13. The van der Waals surface area contributed by atoms with Gasteiger partial charge < -0.3 is 11.1 Å². The van der Waals surface area contributed by atoms with E-state index in [2.05, 4.69) is 26.2 Å². The van der Waals surface area contributed by atoms with Gasteiger partial charge in [0.2, 0.25) is 0 Å². The highest BCUT2D eigenvalue weighted by molar-refractivity contribution is 9.10. The Hall–Kier alpha value is -1.88. The fourth-order valence-corrected chi connectivity index (χ4v) is 1.99. The van der Waals surface area contributed by atoms with Gasteiger partial charge in [-0.15, -0.1) is 0 Å². The third-order valence-electron chi connectivity index (χ3n) is 2.43. The molecule has 4 nitrogen and oxygen atoms in total. The Labute approximate surface area is 113 Å². The van der Waals surface area contributed by atoms with Crippen LogP contribution < -0.4 is 11.1 Å². The van der Waals surface area contributed by atoms with E-state index >= 15 is 0 Å². The number of nitrogens with one attached hydrogen (secondary N) is 1. The Morgan fingerprint density at radius 2 is 2.17 bits per heavy atom. The van der Waals surface area contributed by atoms with Crippen LogP contribution in [0.25, 0.3) is 0 Å². The molecule has 2 rings (SSSR count). The van der Waals surface area contributed by atoms with E-state index in [-0.39, 0.29) is 5.91 Å². The number of hydrogen-bond acceptors (Lipinski definition) is 3. The molecule has 1 amide bonds. The standard InChI is InChI=1S/C13H12BrN3O/c1-8-7-9(5-6-16-8)17-13(18)10-3-2-4-11(15)12(10)14/h2-7H,15H2,1H3,(H,16,17,18). The molecule has 2 aromatic rings. The molecule has 5 heteroatoms. The number of benzene rings is 1. The van der Waals surface area contributed by atoms with Gasteiger partial charge in [0.15, 0.2) is 0 Å². The summed E-state index contributed by atoms with van der Waals surface area (Å²) in [5.41, 5.74) is 8.34. The third-order valence-corrected chi connectivity index (χ3v) is 3.31. The summed E-state index contributed by atoms with van der Waals surface area (Å²) < 4.78 is 0.605. The fraction of sp³-hybridized carbons (Fsp3) is 0.0769. The van der Waals surface area contributed by atoms with Crippen LogP contribution in [0.15, 0.2) is 41.0 Å². The van der Waals surface area contributed by atoms with Gasteiger partial charge in [0, 0.05) is 23.3 Å². The number of anilines is 2. The molecular formula is C13H12BrN3O. The van der Waals surface area contributed by atoms with Crippen LogP contribution >= 0.6 is 15.9 Å². The monoisotopic (exact) mass is 305 g/mol. The summed E-state index contributed by atoms with van der Waals surface area (Å²) in [5.74, 6) is -0.209. The zero-order valence-corrected chi connectivity index (χ0v) is 11.4. The van der Waals surface area contributed by atoms with E-state index in [9.17, 15) is 4.79 Å². The predicted octanol–water partition coefficient (Wildman–Crippen LogP) is 2.99. The number of hydrogen-bond donors (Lipinski definition) is 2. The van der Waals surface area contributed by atoms with Crippen molar-refractivity contribution in [3.05, 3.63) is 52.3 Å². The maximum absolute atomic E-state index is 12.1. The third kappa shape index (κ3) is 2.68. The number of nitrogens with two attached hydrogens (primary N) is 1. The van der Waals surface area contributed by atoms with Gasteiger partial charge in [-0.3, -0.25) is 9.78 Å². The smallest absolute Gasteiger partial charge is 0.256 e. The van der Waals surface area contributed by atoms with Crippen molar-refractivity contribution in [3.8, 4) is 0 Å². The zero-order valence-electron chi connectivity index (χ0n) is 9.77. The molecule has 0 atom stereocenters. The average molecular weight is 306 g/mol. The molecular weight excluding hydrogens is 294 g/mol. The van der Waals surface area contributed by atoms with E-state index in [1.165, 1.54) is 0 Å². The largest absolute Gasteiger partial charge is 0.398 e. The number of aryl methyl sites for hydroxylation is 1. The second-order valence-corrected chi connectivity index (χ2v) is 4.64. The highest BCUT2D eigenvalue weighted by atomic mass is 79.9. The molecule has 1 aromatic carbocycles. The molecule has 1 aromatic heterocycles. The fourth-order valence-electron chi connectivity index (χ4n) is 1.55. The van der Waals surface area contributed by atoms with Crippen molar-refractivity contribution in [1.82, 2.24) is 4.98 Å². The lowest BCUT2D eigenvalue weighted by atomic mass is 10.2. The molecule has 1 heterocycles. The van der Waals surface area contributed by atoms with Crippen LogP contribution in [-0.2, 0) is 0 Å². The number of pyridine rings is 1. The number of carbonyl (C=O) groups excluding carboxylic acids is 1. The summed E-state index contributed by atoms with van der Waals surface area (Å²) in [4.78, 5) is 16.2. The number of rotatable bonds is 2. The first-order chi connectivity index (χ1) is 8.58. The molecule has 0 aliphatic heterocycles. The quantitative estimate of drug-likeness (QED) is 0.838. The Morgan fingerprint density at radius 1 is 1.39 bits per heavy atom. The summed E-state index contributed by atoms with van der Waals surface area (Å²) in [6.45, 7) is 1.87. The normalized spacial score (nSPS) is 10.1. The van der Waals surface area contributed by atoms with E-state index in [0.29, 0.717) is 21.4 Å². The lowest BCUT2D eigenvalue weighted by molar-refractivity contribution is 0.102. The average Bonchev–Trinajstić information content (AvgIpc) is 2.32. The minimum atomic E-state index is -0.209. The maximum Gasteiger partial charge on any atom is 0.256 e. The molecule has 18 heavy (non-hydrogen) atoms. The van der Waals surface area contributed by atoms with Crippen molar-refractivity contribution >= 4 is 33.2 Å². The van der Waals surface area contributed by atoms with Gasteiger partial charge in [-0.2, -0.15) is 0 Å². The second kappa shape index (κ2) is 5.18. The van der Waals surface area contributed by atoms with Crippen molar-refractivity contribution in [2.75, 3.05) is 11.1 Å². The van der Waals surface area contributed by atoms with Crippen molar-refractivity contribution in [2.45, 2.75) is 6.92 Å². The van der Waals surface area contributed by atoms with E-state index in [4.69, 9.17) is 5.73 Å². The van der Waals surface area contributed by atoms with Gasteiger partial charge in [-0.1, -0.05) is 6.07 Å². The highest BCUT2D eigenvalue weighted by Gasteiger charge is 2.11. The molecule has 0 radical (unpaired) electrons. The molecule has 0 fully saturated rings. The van der Waals surface area contributed by atoms with Crippen LogP contribution in [-0.4, -0.2) is 10.9 Å². The summed E-state index contributed by atoms with van der Waals surface area (Å²) in [6.07, 6.45) is 1.65. The minimum absolute atomic E-state index is 0.209. The molecule has 0 saturated carbocycles. The molecule has 0 aliphatic carbocycles.